The lowest BCUT2D eigenvalue weighted by atomic mass is 9.82. The fourth-order valence-corrected chi connectivity index (χ4v) is 4.03. The van der Waals surface area contributed by atoms with Gasteiger partial charge in [-0.3, -0.25) is 9.59 Å². The van der Waals surface area contributed by atoms with Gasteiger partial charge < -0.3 is 15.5 Å². The molecule has 1 aromatic heterocycles. The number of hydrogen-bond donors (Lipinski definition) is 3. The number of aromatic hydroxyl groups is 1. The highest BCUT2D eigenvalue weighted by Gasteiger charge is 2.26. The molecule has 3 rings (SSSR count). The lowest BCUT2D eigenvalue weighted by Crippen LogP contribution is -2.32. The van der Waals surface area contributed by atoms with E-state index in [0.717, 1.165) is 24.0 Å². The number of amides is 1. The molecule has 1 heterocycles. The summed E-state index contributed by atoms with van der Waals surface area (Å²) in [6, 6.07) is 8.74. The lowest BCUT2D eigenvalue weighted by molar-refractivity contribution is -0.143. The van der Waals surface area contributed by atoms with Crippen molar-refractivity contribution in [3.05, 3.63) is 40.6 Å². The number of carbonyl (C=O) groups excluding carboxylic acids is 1. The molecular formula is C19H21NO4S. The number of phenols is 1. The number of nitrogens with one attached hydrogen (secondary N) is 1. The molecule has 0 saturated heterocycles. The van der Waals surface area contributed by atoms with Crippen molar-refractivity contribution in [1.29, 1.82) is 0 Å². The van der Waals surface area contributed by atoms with Crippen molar-refractivity contribution in [2.45, 2.75) is 25.7 Å². The summed E-state index contributed by atoms with van der Waals surface area (Å²) in [6.45, 7) is 0.595. The van der Waals surface area contributed by atoms with Crippen molar-refractivity contribution in [1.82, 2.24) is 5.32 Å². The lowest BCUT2D eigenvalue weighted by Gasteiger charge is -2.26. The van der Waals surface area contributed by atoms with E-state index in [2.05, 4.69) is 5.32 Å². The number of aliphatic carboxylic acids is 1. The van der Waals surface area contributed by atoms with Gasteiger partial charge in [-0.05, 0) is 66.3 Å². The van der Waals surface area contributed by atoms with E-state index in [9.17, 15) is 14.7 Å². The van der Waals surface area contributed by atoms with Crippen LogP contribution < -0.4 is 5.32 Å². The Morgan fingerprint density at radius 2 is 1.76 bits per heavy atom. The maximum atomic E-state index is 12.3. The zero-order valence-corrected chi connectivity index (χ0v) is 14.6. The molecule has 1 fully saturated rings. The number of carbonyl (C=O) groups is 2. The summed E-state index contributed by atoms with van der Waals surface area (Å²) in [6.07, 6.45) is 3.08. The van der Waals surface area contributed by atoms with Crippen LogP contribution in [0.3, 0.4) is 0 Å². The van der Waals surface area contributed by atoms with E-state index < -0.39 is 5.97 Å². The summed E-state index contributed by atoms with van der Waals surface area (Å²) in [5, 5.41) is 23.3. The Balaban J connectivity index is 1.52. The largest absolute Gasteiger partial charge is 0.508 e. The summed E-state index contributed by atoms with van der Waals surface area (Å²) < 4.78 is 0. The Hall–Kier alpha value is -2.34. The van der Waals surface area contributed by atoms with Gasteiger partial charge >= 0.3 is 5.97 Å². The summed E-state index contributed by atoms with van der Waals surface area (Å²) >= 11 is 1.40. The van der Waals surface area contributed by atoms with E-state index in [1.54, 1.807) is 12.1 Å². The Kier molecular flexibility index (Phi) is 5.38. The molecule has 1 aromatic carbocycles. The first-order chi connectivity index (χ1) is 12.0. The molecule has 0 radical (unpaired) electrons. The van der Waals surface area contributed by atoms with Crippen LogP contribution in [0.1, 0.15) is 35.4 Å². The number of thiophene rings is 1. The fraction of sp³-hybridized carbons (Fsp3) is 0.368. The highest BCUT2D eigenvalue weighted by Crippen LogP contribution is 2.29. The molecule has 25 heavy (non-hydrogen) atoms. The Bertz CT molecular complexity index is 745. The number of hydrogen-bond acceptors (Lipinski definition) is 4. The van der Waals surface area contributed by atoms with E-state index >= 15 is 0 Å². The van der Waals surface area contributed by atoms with Crippen LogP contribution in [-0.2, 0) is 4.79 Å². The minimum Gasteiger partial charge on any atom is -0.508 e. The number of benzene rings is 1. The molecule has 2 aromatic rings. The Morgan fingerprint density at radius 3 is 2.40 bits per heavy atom. The molecule has 1 aliphatic rings. The second-order valence-corrected chi connectivity index (χ2v) is 7.42. The zero-order chi connectivity index (χ0) is 17.8. The third-order valence-corrected chi connectivity index (χ3v) is 5.70. The third-order valence-electron chi connectivity index (χ3n) is 4.77. The topological polar surface area (TPSA) is 86.6 Å². The van der Waals surface area contributed by atoms with E-state index in [1.165, 1.54) is 11.3 Å². The first-order valence-electron chi connectivity index (χ1n) is 8.42. The summed E-state index contributed by atoms with van der Waals surface area (Å²) in [5.41, 5.74) is 1.91. The average molecular weight is 359 g/mol. The van der Waals surface area contributed by atoms with E-state index in [4.69, 9.17) is 5.11 Å². The zero-order valence-electron chi connectivity index (χ0n) is 13.8. The second-order valence-electron chi connectivity index (χ2n) is 6.51. The van der Waals surface area contributed by atoms with Crippen molar-refractivity contribution in [2.24, 2.45) is 11.8 Å². The summed E-state index contributed by atoms with van der Waals surface area (Å²) in [7, 11) is 0. The van der Waals surface area contributed by atoms with Crippen LogP contribution >= 0.6 is 11.3 Å². The van der Waals surface area contributed by atoms with Crippen LogP contribution in [0.15, 0.2) is 35.7 Å². The molecule has 0 unspecified atom stereocenters. The van der Waals surface area contributed by atoms with Gasteiger partial charge in [0.2, 0.25) is 0 Å². The van der Waals surface area contributed by atoms with Crippen molar-refractivity contribution < 1.29 is 19.8 Å². The van der Waals surface area contributed by atoms with E-state index in [0.29, 0.717) is 30.2 Å². The van der Waals surface area contributed by atoms with Crippen LogP contribution in [0, 0.1) is 11.8 Å². The number of carboxylic acid groups (broad SMARTS) is 1. The predicted molar refractivity (Wildman–Crippen MR) is 96.8 cm³/mol. The first-order valence-corrected chi connectivity index (χ1v) is 9.30. The minimum absolute atomic E-state index is 0.0876. The standard InChI is InChI=1S/C19H21NO4S/c21-16-7-5-13(6-8-16)15-9-17(25-11-15)18(22)20-10-12-1-3-14(4-2-12)19(23)24/h5-9,11-12,14,21H,1-4,10H2,(H,20,22)(H,23,24). The quantitative estimate of drug-likeness (QED) is 0.759. The van der Waals surface area contributed by atoms with Gasteiger partial charge in [0.05, 0.1) is 10.8 Å². The van der Waals surface area contributed by atoms with Crippen molar-refractivity contribution in [3.8, 4) is 16.9 Å². The average Bonchev–Trinajstić information content (AvgIpc) is 3.11. The SMILES string of the molecule is O=C(NCC1CCC(C(=O)O)CC1)c1cc(-c2ccc(O)cc2)cs1. The molecule has 0 atom stereocenters. The van der Waals surface area contributed by atoms with Gasteiger partial charge in [-0.15, -0.1) is 11.3 Å². The maximum absolute atomic E-state index is 12.3. The highest BCUT2D eigenvalue weighted by atomic mass is 32.1. The molecule has 0 aliphatic heterocycles. The molecule has 3 N–H and O–H groups in total. The molecule has 1 saturated carbocycles. The Morgan fingerprint density at radius 1 is 1.08 bits per heavy atom. The van der Waals surface area contributed by atoms with Gasteiger partial charge in [0.15, 0.2) is 0 Å². The van der Waals surface area contributed by atoms with E-state index in [-0.39, 0.29) is 17.6 Å². The molecule has 1 aliphatic carbocycles. The normalized spacial score (nSPS) is 20.2. The van der Waals surface area contributed by atoms with Gasteiger partial charge in [0.1, 0.15) is 5.75 Å². The summed E-state index contributed by atoms with van der Waals surface area (Å²) in [5.74, 6) is -0.444. The fourth-order valence-electron chi connectivity index (χ4n) is 3.20. The summed E-state index contributed by atoms with van der Waals surface area (Å²) in [4.78, 5) is 23.9. The monoisotopic (exact) mass is 359 g/mol. The third kappa shape index (κ3) is 4.39. The van der Waals surface area contributed by atoms with E-state index in [1.807, 2.05) is 23.6 Å². The van der Waals surface area contributed by atoms with Gasteiger partial charge in [0.25, 0.3) is 5.91 Å². The smallest absolute Gasteiger partial charge is 0.306 e. The highest BCUT2D eigenvalue weighted by molar-refractivity contribution is 7.12. The van der Waals surface area contributed by atoms with Crippen LogP contribution in [-0.4, -0.2) is 28.6 Å². The van der Waals surface area contributed by atoms with Crippen LogP contribution in [0.25, 0.3) is 11.1 Å². The first kappa shape index (κ1) is 17.5. The van der Waals surface area contributed by atoms with Crippen LogP contribution in [0.5, 0.6) is 5.75 Å². The molecule has 132 valence electrons. The van der Waals surface area contributed by atoms with Gasteiger partial charge in [-0.2, -0.15) is 0 Å². The minimum atomic E-state index is -0.706. The molecular weight excluding hydrogens is 338 g/mol. The van der Waals surface area contributed by atoms with Crippen molar-refractivity contribution >= 4 is 23.2 Å². The van der Waals surface area contributed by atoms with Gasteiger partial charge in [0, 0.05) is 6.54 Å². The number of rotatable bonds is 5. The molecule has 0 bridgehead atoms. The van der Waals surface area contributed by atoms with Crippen LogP contribution in [0.2, 0.25) is 0 Å². The molecule has 5 nitrogen and oxygen atoms in total. The molecule has 1 amide bonds. The van der Waals surface area contributed by atoms with Crippen molar-refractivity contribution in [2.75, 3.05) is 6.54 Å². The van der Waals surface area contributed by atoms with Crippen LogP contribution in [0.4, 0.5) is 0 Å². The maximum Gasteiger partial charge on any atom is 0.306 e. The molecule has 6 heteroatoms. The predicted octanol–water partition coefficient (Wildman–Crippen LogP) is 3.74. The second kappa shape index (κ2) is 7.70. The Labute approximate surface area is 150 Å². The number of carboxylic acids is 1. The number of phenolic OH excluding ortho intramolecular Hbond substituents is 1. The molecule has 0 spiro atoms. The van der Waals surface area contributed by atoms with Gasteiger partial charge in [-0.1, -0.05) is 12.1 Å². The van der Waals surface area contributed by atoms with Gasteiger partial charge in [-0.25, -0.2) is 0 Å². The van der Waals surface area contributed by atoms with Crippen molar-refractivity contribution in [3.63, 3.8) is 0 Å².